The van der Waals surface area contributed by atoms with E-state index in [0.717, 1.165) is 0 Å². The highest BCUT2D eigenvalue weighted by Gasteiger charge is 2.35. The van der Waals surface area contributed by atoms with Crippen LogP contribution in [0, 0.1) is 5.92 Å². The highest BCUT2D eigenvalue weighted by molar-refractivity contribution is 5.92. The third-order valence-electron chi connectivity index (χ3n) is 3.12. The first-order valence-corrected chi connectivity index (χ1v) is 6.11. The third-order valence-corrected chi connectivity index (χ3v) is 3.12. The number of carboxylic acids is 1. The maximum atomic E-state index is 11.9. The lowest BCUT2D eigenvalue weighted by molar-refractivity contribution is -0.143. The molecule has 0 saturated carbocycles. The lowest BCUT2D eigenvalue weighted by atomic mass is 10.0. The summed E-state index contributed by atoms with van der Waals surface area (Å²) in [5.41, 5.74) is 0. The van der Waals surface area contributed by atoms with Gasteiger partial charge in [0.1, 0.15) is 12.1 Å². The van der Waals surface area contributed by atoms with E-state index >= 15 is 0 Å². The number of hydrogen-bond donors (Lipinski definition) is 2. The number of carbonyl (C=O) groups is 3. The fraction of sp³-hybridized carbons (Fsp3) is 0.750. The van der Waals surface area contributed by atoms with Gasteiger partial charge in [-0.15, -0.1) is 0 Å². The molecule has 1 heterocycles. The van der Waals surface area contributed by atoms with Gasteiger partial charge in [-0.05, 0) is 18.8 Å². The molecule has 18 heavy (non-hydrogen) atoms. The van der Waals surface area contributed by atoms with E-state index < -0.39 is 18.1 Å². The molecule has 0 radical (unpaired) electrons. The molecule has 2 atom stereocenters. The number of nitrogens with one attached hydrogen (secondary N) is 1. The van der Waals surface area contributed by atoms with Crippen LogP contribution in [0.25, 0.3) is 0 Å². The van der Waals surface area contributed by atoms with Gasteiger partial charge in [0.2, 0.25) is 11.8 Å². The van der Waals surface area contributed by atoms with Crippen LogP contribution >= 0.6 is 0 Å². The number of aliphatic carboxylic acids is 1. The maximum absolute atomic E-state index is 11.9. The van der Waals surface area contributed by atoms with E-state index in [4.69, 9.17) is 5.11 Å². The predicted molar refractivity (Wildman–Crippen MR) is 64.8 cm³/mol. The predicted octanol–water partition coefficient (Wildman–Crippen LogP) is 0.223. The Balaban J connectivity index is 2.61. The average Bonchev–Trinajstić information content (AvgIpc) is 2.58. The van der Waals surface area contributed by atoms with Crippen LogP contribution in [0.2, 0.25) is 0 Å². The average molecular weight is 256 g/mol. The van der Waals surface area contributed by atoms with E-state index in [1.165, 1.54) is 4.90 Å². The largest absolute Gasteiger partial charge is 0.480 e. The molecule has 2 N–H and O–H groups in total. The van der Waals surface area contributed by atoms with Crippen molar-refractivity contribution in [1.29, 1.82) is 0 Å². The van der Waals surface area contributed by atoms with Gasteiger partial charge in [0, 0.05) is 13.5 Å². The van der Waals surface area contributed by atoms with Crippen molar-refractivity contribution in [3.63, 3.8) is 0 Å². The second-order valence-corrected chi connectivity index (χ2v) is 5.09. The van der Waals surface area contributed by atoms with Crippen molar-refractivity contribution in [3.8, 4) is 0 Å². The summed E-state index contributed by atoms with van der Waals surface area (Å²) in [7, 11) is 1.57. The van der Waals surface area contributed by atoms with Gasteiger partial charge in [-0.25, -0.2) is 4.79 Å². The Labute approximate surface area is 106 Å². The Hall–Kier alpha value is -1.59. The Kier molecular flexibility index (Phi) is 4.69. The first-order chi connectivity index (χ1) is 8.32. The summed E-state index contributed by atoms with van der Waals surface area (Å²) < 4.78 is 0. The highest BCUT2D eigenvalue weighted by Crippen LogP contribution is 2.17. The van der Waals surface area contributed by atoms with Crippen LogP contribution < -0.4 is 5.32 Å². The van der Waals surface area contributed by atoms with Gasteiger partial charge in [-0.3, -0.25) is 9.59 Å². The molecule has 0 aromatic heterocycles. The zero-order valence-electron chi connectivity index (χ0n) is 11.0. The minimum absolute atomic E-state index is 0.0779. The molecule has 1 saturated heterocycles. The van der Waals surface area contributed by atoms with E-state index in [1.54, 1.807) is 7.05 Å². The molecular weight excluding hydrogens is 236 g/mol. The quantitative estimate of drug-likeness (QED) is 0.737. The van der Waals surface area contributed by atoms with Gasteiger partial charge in [0.15, 0.2) is 0 Å². The van der Waals surface area contributed by atoms with Crippen LogP contribution in [0.3, 0.4) is 0 Å². The van der Waals surface area contributed by atoms with Crippen molar-refractivity contribution in [3.05, 3.63) is 0 Å². The molecule has 6 nitrogen and oxygen atoms in total. The van der Waals surface area contributed by atoms with Gasteiger partial charge in [0.05, 0.1) is 0 Å². The Morgan fingerprint density at radius 2 is 2.11 bits per heavy atom. The zero-order valence-corrected chi connectivity index (χ0v) is 11.0. The highest BCUT2D eigenvalue weighted by atomic mass is 16.4. The lowest BCUT2D eigenvalue weighted by Crippen LogP contribution is -2.49. The zero-order chi connectivity index (χ0) is 13.9. The molecule has 1 aliphatic rings. The number of likely N-dealkylation sites (N-methyl/N-ethyl adjacent to an activating group) is 1. The molecule has 0 aromatic rings. The fourth-order valence-corrected chi connectivity index (χ4v) is 2.07. The number of nitrogens with zero attached hydrogens (tertiary/aromatic N) is 1. The van der Waals surface area contributed by atoms with Crippen molar-refractivity contribution >= 4 is 17.8 Å². The van der Waals surface area contributed by atoms with Gasteiger partial charge < -0.3 is 15.3 Å². The first-order valence-electron chi connectivity index (χ1n) is 6.11. The molecule has 6 heteroatoms. The van der Waals surface area contributed by atoms with E-state index in [-0.39, 0.29) is 17.7 Å². The fourth-order valence-electron chi connectivity index (χ4n) is 2.07. The maximum Gasteiger partial charge on any atom is 0.326 e. The minimum atomic E-state index is -1.04. The van der Waals surface area contributed by atoms with Crippen LogP contribution in [0.1, 0.15) is 33.1 Å². The van der Waals surface area contributed by atoms with Crippen molar-refractivity contribution in [2.24, 2.45) is 5.92 Å². The third kappa shape index (κ3) is 3.45. The Morgan fingerprint density at radius 3 is 2.50 bits per heavy atom. The van der Waals surface area contributed by atoms with Crippen molar-refractivity contribution in [2.75, 3.05) is 7.05 Å². The molecule has 1 aliphatic heterocycles. The topological polar surface area (TPSA) is 86.7 Å². The first kappa shape index (κ1) is 14.5. The smallest absolute Gasteiger partial charge is 0.326 e. The van der Waals surface area contributed by atoms with Crippen LogP contribution in [-0.2, 0) is 14.4 Å². The number of amides is 2. The number of hydrogen-bond acceptors (Lipinski definition) is 3. The lowest BCUT2D eigenvalue weighted by Gasteiger charge is -2.22. The van der Waals surface area contributed by atoms with Crippen LogP contribution in [0.4, 0.5) is 0 Å². The van der Waals surface area contributed by atoms with E-state index in [0.29, 0.717) is 19.3 Å². The summed E-state index contributed by atoms with van der Waals surface area (Å²) in [6.45, 7) is 3.79. The molecule has 0 spiro atoms. The second kappa shape index (κ2) is 5.84. The van der Waals surface area contributed by atoms with Gasteiger partial charge in [0.25, 0.3) is 0 Å². The molecule has 0 bridgehead atoms. The Morgan fingerprint density at radius 1 is 1.50 bits per heavy atom. The molecule has 0 aromatic carbocycles. The second-order valence-electron chi connectivity index (χ2n) is 5.09. The van der Waals surface area contributed by atoms with E-state index in [1.807, 2.05) is 13.8 Å². The summed E-state index contributed by atoms with van der Waals surface area (Å²) in [5.74, 6) is -1.32. The van der Waals surface area contributed by atoms with E-state index in [2.05, 4.69) is 5.32 Å². The van der Waals surface area contributed by atoms with Gasteiger partial charge in [-0.1, -0.05) is 13.8 Å². The normalized spacial score (nSPS) is 21.2. The standard InChI is InChI=1S/C12H20N2O4/c1-7(2)6-8(12(17)18)13-11(16)9-4-5-10(15)14(9)3/h7-9H,4-6H2,1-3H3,(H,13,16)(H,17,18)/t8-,9?/m1/s1. The van der Waals surface area contributed by atoms with Crippen LogP contribution in [-0.4, -0.2) is 46.9 Å². The van der Waals surface area contributed by atoms with Crippen molar-refractivity contribution in [2.45, 2.75) is 45.2 Å². The molecule has 1 unspecified atom stereocenters. The van der Waals surface area contributed by atoms with Gasteiger partial charge >= 0.3 is 5.97 Å². The molecule has 1 fully saturated rings. The van der Waals surface area contributed by atoms with Gasteiger partial charge in [-0.2, -0.15) is 0 Å². The molecular formula is C12H20N2O4. The summed E-state index contributed by atoms with van der Waals surface area (Å²) in [6.07, 6.45) is 1.18. The number of likely N-dealkylation sites (tertiary alicyclic amines) is 1. The van der Waals surface area contributed by atoms with Crippen molar-refractivity contribution in [1.82, 2.24) is 10.2 Å². The van der Waals surface area contributed by atoms with E-state index in [9.17, 15) is 14.4 Å². The molecule has 2 amide bonds. The summed E-state index contributed by atoms with van der Waals surface area (Å²) in [6, 6.07) is -1.42. The van der Waals surface area contributed by atoms with Crippen LogP contribution in [0.15, 0.2) is 0 Å². The number of carboxylic acid groups (broad SMARTS) is 1. The number of rotatable bonds is 5. The van der Waals surface area contributed by atoms with Crippen molar-refractivity contribution < 1.29 is 19.5 Å². The summed E-state index contributed by atoms with van der Waals surface area (Å²) >= 11 is 0. The summed E-state index contributed by atoms with van der Waals surface area (Å²) in [5, 5.41) is 11.5. The minimum Gasteiger partial charge on any atom is -0.480 e. The molecule has 102 valence electrons. The monoisotopic (exact) mass is 256 g/mol. The molecule has 1 rings (SSSR count). The Bertz CT molecular complexity index is 354. The summed E-state index contributed by atoms with van der Waals surface area (Å²) in [4.78, 5) is 35.7. The number of carbonyl (C=O) groups excluding carboxylic acids is 2. The molecule has 0 aliphatic carbocycles. The van der Waals surface area contributed by atoms with Crippen LogP contribution in [0.5, 0.6) is 0 Å². The SMILES string of the molecule is CC(C)C[C@@H](NC(=O)C1CCC(=O)N1C)C(=O)O.